The van der Waals surface area contributed by atoms with Gasteiger partial charge in [0.1, 0.15) is 0 Å². The van der Waals surface area contributed by atoms with Crippen LogP contribution in [0.3, 0.4) is 0 Å². The second-order valence-corrected chi connectivity index (χ2v) is 4.14. The summed E-state index contributed by atoms with van der Waals surface area (Å²) in [6.45, 7) is 5.18. The molecule has 4 heteroatoms. The highest BCUT2D eigenvalue weighted by atomic mass is 16.4. The first kappa shape index (κ1) is 9.65. The molecule has 2 heterocycles. The first-order valence-corrected chi connectivity index (χ1v) is 5.34. The standard InChI is InChI=1S/C10H17N3O/c1-7(2)9-12-13-10(14-9)8-5-3-4-6-11-8/h7-8,11H,3-6H2,1-2H3. The third kappa shape index (κ3) is 1.95. The first-order valence-electron chi connectivity index (χ1n) is 5.34. The lowest BCUT2D eigenvalue weighted by molar-refractivity contribution is 0.325. The maximum absolute atomic E-state index is 5.60. The minimum atomic E-state index is 0.281. The van der Waals surface area contributed by atoms with Crippen molar-refractivity contribution in [1.29, 1.82) is 0 Å². The molecule has 4 nitrogen and oxygen atoms in total. The molecular weight excluding hydrogens is 178 g/mol. The van der Waals surface area contributed by atoms with Crippen molar-refractivity contribution in [3.8, 4) is 0 Å². The molecule has 0 aromatic carbocycles. The van der Waals surface area contributed by atoms with E-state index in [4.69, 9.17) is 4.42 Å². The molecule has 0 saturated carbocycles. The second kappa shape index (κ2) is 4.09. The number of rotatable bonds is 2. The van der Waals surface area contributed by atoms with E-state index in [-0.39, 0.29) is 6.04 Å². The van der Waals surface area contributed by atoms with E-state index in [9.17, 15) is 0 Å². The van der Waals surface area contributed by atoms with Crippen molar-refractivity contribution in [3.05, 3.63) is 11.8 Å². The van der Waals surface area contributed by atoms with Crippen LogP contribution < -0.4 is 5.32 Å². The van der Waals surface area contributed by atoms with Crippen LogP contribution in [0.4, 0.5) is 0 Å². The summed E-state index contributed by atoms with van der Waals surface area (Å²) >= 11 is 0. The fourth-order valence-corrected chi connectivity index (χ4v) is 1.68. The van der Waals surface area contributed by atoms with Crippen LogP contribution in [0.2, 0.25) is 0 Å². The zero-order chi connectivity index (χ0) is 9.97. The topological polar surface area (TPSA) is 51.0 Å². The average Bonchev–Trinajstić information content (AvgIpc) is 2.68. The number of aromatic nitrogens is 2. The van der Waals surface area contributed by atoms with E-state index in [1.165, 1.54) is 12.8 Å². The van der Waals surface area contributed by atoms with E-state index < -0.39 is 0 Å². The van der Waals surface area contributed by atoms with Crippen LogP contribution in [-0.2, 0) is 0 Å². The predicted octanol–water partition coefficient (Wildman–Crippen LogP) is 2.01. The Morgan fingerprint density at radius 3 is 2.79 bits per heavy atom. The maximum atomic E-state index is 5.60. The molecule has 0 aliphatic carbocycles. The third-order valence-electron chi connectivity index (χ3n) is 2.56. The summed E-state index contributed by atoms with van der Waals surface area (Å²) in [6.07, 6.45) is 3.61. The summed E-state index contributed by atoms with van der Waals surface area (Å²) < 4.78 is 5.60. The van der Waals surface area contributed by atoms with Crippen LogP contribution in [0, 0.1) is 0 Å². The van der Waals surface area contributed by atoms with Gasteiger partial charge in [-0.05, 0) is 19.4 Å². The van der Waals surface area contributed by atoms with Crippen molar-refractivity contribution in [1.82, 2.24) is 15.5 Å². The normalized spacial score (nSPS) is 22.9. The zero-order valence-electron chi connectivity index (χ0n) is 8.79. The van der Waals surface area contributed by atoms with Gasteiger partial charge in [-0.25, -0.2) is 0 Å². The summed E-state index contributed by atoms with van der Waals surface area (Å²) in [5, 5.41) is 11.5. The fourth-order valence-electron chi connectivity index (χ4n) is 1.68. The van der Waals surface area contributed by atoms with Crippen molar-refractivity contribution >= 4 is 0 Å². The molecule has 1 aliphatic rings. The van der Waals surface area contributed by atoms with Gasteiger partial charge in [0.05, 0.1) is 6.04 Å². The minimum absolute atomic E-state index is 0.281. The molecule has 1 unspecified atom stereocenters. The van der Waals surface area contributed by atoms with E-state index in [1.54, 1.807) is 0 Å². The van der Waals surface area contributed by atoms with Crippen LogP contribution in [0.1, 0.15) is 56.9 Å². The van der Waals surface area contributed by atoms with Crippen molar-refractivity contribution in [3.63, 3.8) is 0 Å². The van der Waals surface area contributed by atoms with Gasteiger partial charge >= 0.3 is 0 Å². The predicted molar refractivity (Wildman–Crippen MR) is 53.0 cm³/mol. The van der Waals surface area contributed by atoms with E-state index >= 15 is 0 Å². The van der Waals surface area contributed by atoms with Gasteiger partial charge in [0.15, 0.2) is 0 Å². The number of nitrogens with zero attached hydrogens (tertiary/aromatic N) is 2. The number of hydrogen-bond acceptors (Lipinski definition) is 4. The van der Waals surface area contributed by atoms with Crippen LogP contribution in [0.25, 0.3) is 0 Å². The average molecular weight is 195 g/mol. The lowest BCUT2D eigenvalue weighted by Gasteiger charge is -2.19. The Bertz CT molecular complexity index is 289. The molecule has 0 amide bonds. The molecule has 1 atom stereocenters. The SMILES string of the molecule is CC(C)c1nnc(C2CCCCN2)o1. The molecule has 0 bridgehead atoms. The summed E-state index contributed by atoms with van der Waals surface area (Å²) in [5.74, 6) is 1.82. The van der Waals surface area contributed by atoms with Gasteiger partial charge in [-0.1, -0.05) is 20.3 Å². The smallest absolute Gasteiger partial charge is 0.233 e. The molecule has 2 rings (SSSR count). The molecule has 14 heavy (non-hydrogen) atoms. The summed E-state index contributed by atoms with van der Waals surface area (Å²) in [7, 11) is 0. The van der Waals surface area contributed by atoms with Crippen molar-refractivity contribution in [2.24, 2.45) is 0 Å². The van der Waals surface area contributed by atoms with Crippen LogP contribution >= 0.6 is 0 Å². The van der Waals surface area contributed by atoms with E-state index in [0.717, 1.165) is 24.7 Å². The fraction of sp³-hybridized carbons (Fsp3) is 0.800. The van der Waals surface area contributed by atoms with E-state index in [1.807, 2.05) is 0 Å². The Morgan fingerprint density at radius 2 is 2.21 bits per heavy atom. The Hall–Kier alpha value is -0.900. The molecule has 1 aliphatic heterocycles. The lowest BCUT2D eigenvalue weighted by atomic mass is 10.1. The monoisotopic (exact) mass is 195 g/mol. The highest BCUT2D eigenvalue weighted by Crippen LogP contribution is 2.23. The zero-order valence-corrected chi connectivity index (χ0v) is 8.79. The summed E-state index contributed by atoms with van der Waals surface area (Å²) in [6, 6.07) is 0.281. The van der Waals surface area contributed by atoms with Gasteiger partial charge in [0, 0.05) is 5.92 Å². The molecule has 0 radical (unpaired) electrons. The highest BCUT2D eigenvalue weighted by Gasteiger charge is 2.21. The van der Waals surface area contributed by atoms with Crippen molar-refractivity contribution < 1.29 is 4.42 Å². The molecule has 1 fully saturated rings. The number of hydrogen-bond donors (Lipinski definition) is 1. The number of piperidine rings is 1. The highest BCUT2D eigenvalue weighted by molar-refractivity contribution is 4.93. The lowest BCUT2D eigenvalue weighted by Crippen LogP contribution is -2.26. The van der Waals surface area contributed by atoms with Crippen molar-refractivity contribution in [2.45, 2.75) is 45.1 Å². The molecule has 78 valence electrons. The molecule has 1 N–H and O–H groups in total. The van der Waals surface area contributed by atoms with E-state index in [2.05, 4.69) is 29.4 Å². The minimum Gasteiger partial charge on any atom is -0.423 e. The van der Waals surface area contributed by atoms with Crippen LogP contribution in [-0.4, -0.2) is 16.7 Å². The maximum Gasteiger partial charge on any atom is 0.233 e. The van der Waals surface area contributed by atoms with Gasteiger partial charge in [0.2, 0.25) is 11.8 Å². The van der Waals surface area contributed by atoms with Gasteiger partial charge in [-0.15, -0.1) is 10.2 Å². The van der Waals surface area contributed by atoms with Gasteiger partial charge < -0.3 is 9.73 Å². The third-order valence-corrected chi connectivity index (χ3v) is 2.56. The summed E-state index contributed by atoms with van der Waals surface area (Å²) in [4.78, 5) is 0. The molecule has 1 aromatic rings. The van der Waals surface area contributed by atoms with Gasteiger partial charge in [-0.2, -0.15) is 0 Å². The van der Waals surface area contributed by atoms with Crippen molar-refractivity contribution in [2.75, 3.05) is 6.54 Å². The molecule has 1 aromatic heterocycles. The van der Waals surface area contributed by atoms with E-state index in [0.29, 0.717) is 5.92 Å². The van der Waals surface area contributed by atoms with Crippen LogP contribution in [0.5, 0.6) is 0 Å². The Morgan fingerprint density at radius 1 is 1.36 bits per heavy atom. The quantitative estimate of drug-likeness (QED) is 0.784. The number of nitrogens with one attached hydrogen (secondary N) is 1. The Balaban J connectivity index is 2.07. The molecule has 0 spiro atoms. The largest absolute Gasteiger partial charge is 0.423 e. The molecular formula is C10H17N3O. The molecule has 1 saturated heterocycles. The Labute approximate surface area is 84.1 Å². The summed E-state index contributed by atoms with van der Waals surface area (Å²) in [5.41, 5.74) is 0. The Kier molecular flexibility index (Phi) is 2.82. The van der Waals surface area contributed by atoms with Gasteiger partial charge in [0.25, 0.3) is 0 Å². The second-order valence-electron chi connectivity index (χ2n) is 4.14. The first-order chi connectivity index (χ1) is 6.77. The van der Waals surface area contributed by atoms with Crippen LogP contribution in [0.15, 0.2) is 4.42 Å². The van der Waals surface area contributed by atoms with Gasteiger partial charge in [-0.3, -0.25) is 0 Å².